The monoisotopic (exact) mass is 305 g/mol. The lowest BCUT2D eigenvalue weighted by Gasteiger charge is -2.26. The summed E-state index contributed by atoms with van der Waals surface area (Å²) in [4.78, 5) is 1.95. The van der Waals surface area contributed by atoms with E-state index >= 15 is 0 Å². The summed E-state index contributed by atoms with van der Waals surface area (Å²) >= 11 is 0. The Kier molecular flexibility index (Phi) is 4.16. The zero-order chi connectivity index (χ0) is 16.4. The molecule has 23 heavy (non-hydrogen) atoms. The van der Waals surface area contributed by atoms with Gasteiger partial charge in [0.25, 0.3) is 0 Å². The lowest BCUT2D eigenvalue weighted by molar-refractivity contribution is 0.627. The Labute approximate surface area is 137 Å². The molecule has 0 bridgehead atoms. The smallest absolute Gasteiger partial charge is 0.147 e. The lowest BCUT2D eigenvalue weighted by Crippen LogP contribution is -2.11. The lowest BCUT2D eigenvalue weighted by atomic mass is 10.1. The van der Waals surface area contributed by atoms with E-state index in [0.29, 0.717) is 5.69 Å². The Morgan fingerprint density at radius 1 is 0.609 bits per heavy atom. The predicted molar refractivity (Wildman–Crippen MR) is 95.3 cm³/mol. The highest BCUT2D eigenvalue weighted by atomic mass is 19.1. The number of rotatable bonds is 3. The SMILES string of the molecule is Cc1ccc(N(c2ccc(C)cc2)c2ccc(C)cc2F)cc1. The molecule has 0 saturated heterocycles. The van der Waals surface area contributed by atoms with Crippen LogP contribution in [0.3, 0.4) is 0 Å². The van der Waals surface area contributed by atoms with Crippen LogP contribution in [0, 0.1) is 26.6 Å². The minimum absolute atomic E-state index is 0.217. The van der Waals surface area contributed by atoms with E-state index in [2.05, 4.69) is 0 Å². The van der Waals surface area contributed by atoms with Gasteiger partial charge in [0.1, 0.15) is 5.82 Å². The van der Waals surface area contributed by atoms with Gasteiger partial charge in [-0.25, -0.2) is 4.39 Å². The fourth-order valence-corrected chi connectivity index (χ4v) is 2.61. The van der Waals surface area contributed by atoms with Crippen LogP contribution in [0.4, 0.5) is 21.5 Å². The molecule has 2 heteroatoms. The van der Waals surface area contributed by atoms with E-state index in [1.54, 1.807) is 6.07 Å². The van der Waals surface area contributed by atoms with E-state index in [0.717, 1.165) is 16.9 Å². The third kappa shape index (κ3) is 3.26. The summed E-state index contributed by atoms with van der Waals surface area (Å²) in [6.45, 7) is 5.99. The molecule has 116 valence electrons. The molecule has 3 aromatic carbocycles. The highest BCUT2D eigenvalue weighted by Crippen LogP contribution is 2.36. The molecule has 0 heterocycles. The van der Waals surface area contributed by atoms with Crippen molar-refractivity contribution in [2.24, 2.45) is 0 Å². The van der Waals surface area contributed by atoms with Gasteiger partial charge in [-0.15, -0.1) is 0 Å². The maximum atomic E-state index is 14.6. The van der Waals surface area contributed by atoms with Gasteiger partial charge in [-0.2, -0.15) is 0 Å². The Balaban J connectivity index is 2.16. The highest BCUT2D eigenvalue weighted by Gasteiger charge is 2.16. The fourth-order valence-electron chi connectivity index (χ4n) is 2.61. The number of anilines is 3. The van der Waals surface area contributed by atoms with Crippen LogP contribution in [-0.4, -0.2) is 0 Å². The number of benzene rings is 3. The first-order valence-corrected chi connectivity index (χ1v) is 7.74. The van der Waals surface area contributed by atoms with Crippen LogP contribution in [0.1, 0.15) is 16.7 Å². The quantitative estimate of drug-likeness (QED) is 0.555. The van der Waals surface area contributed by atoms with Crippen molar-refractivity contribution < 1.29 is 4.39 Å². The summed E-state index contributed by atoms with van der Waals surface area (Å²) in [5, 5.41) is 0. The second-order valence-electron chi connectivity index (χ2n) is 5.96. The van der Waals surface area contributed by atoms with Crippen LogP contribution in [0.2, 0.25) is 0 Å². The third-order valence-electron chi connectivity index (χ3n) is 3.93. The third-order valence-corrected chi connectivity index (χ3v) is 3.93. The molecule has 0 aliphatic carbocycles. The van der Waals surface area contributed by atoms with Gasteiger partial charge in [-0.05, 0) is 62.7 Å². The summed E-state index contributed by atoms with van der Waals surface area (Å²) < 4.78 is 14.6. The summed E-state index contributed by atoms with van der Waals surface area (Å²) in [6.07, 6.45) is 0. The maximum absolute atomic E-state index is 14.6. The summed E-state index contributed by atoms with van der Waals surface area (Å²) in [7, 11) is 0. The van der Waals surface area contributed by atoms with Crippen molar-refractivity contribution in [1.29, 1.82) is 0 Å². The first kappa shape index (κ1) is 15.3. The van der Waals surface area contributed by atoms with Gasteiger partial charge in [-0.3, -0.25) is 0 Å². The van der Waals surface area contributed by atoms with Crippen LogP contribution < -0.4 is 4.90 Å². The molecule has 0 aliphatic rings. The standard InChI is InChI=1S/C21H20FN/c1-15-4-9-18(10-5-15)23(19-11-6-16(2)7-12-19)21-13-8-17(3)14-20(21)22/h4-14H,1-3H3. The van der Waals surface area contributed by atoms with E-state index in [1.807, 2.05) is 86.3 Å². The Morgan fingerprint density at radius 3 is 1.48 bits per heavy atom. The molecular formula is C21H20FN. The molecule has 3 aromatic rings. The van der Waals surface area contributed by atoms with Crippen LogP contribution in [-0.2, 0) is 0 Å². The molecule has 0 radical (unpaired) electrons. The van der Waals surface area contributed by atoms with Crippen LogP contribution in [0.15, 0.2) is 66.7 Å². The topological polar surface area (TPSA) is 3.24 Å². The number of nitrogens with zero attached hydrogens (tertiary/aromatic N) is 1. The van der Waals surface area contributed by atoms with E-state index in [9.17, 15) is 4.39 Å². The average molecular weight is 305 g/mol. The number of aryl methyl sites for hydroxylation is 3. The average Bonchev–Trinajstić information content (AvgIpc) is 2.53. The van der Waals surface area contributed by atoms with Gasteiger partial charge >= 0.3 is 0 Å². The van der Waals surface area contributed by atoms with Gasteiger partial charge in [0.15, 0.2) is 0 Å². The van der Waals surface area contributed by atoms with Gasteiger partial charge in [0, 0.05) is 11.4 Å². The van der Waals surface area contributed by atoms with E-state index in [1.165, 1.54) is 11.1 Å². The highest BCUT2D eigenvalue weighted by molar-refractivity contribution is 5.77. The predicted octanol–water partition coefficient (Wildman–Crippen LogP) is 6.22. The second kappa shape index (κ2) is 6.25. The van der Waals surface area contributed by atoms with Crippen molar-refractivity contribution in [1.82, 2.24) is 0 Å². The van der Waals surface area contributed by atoms with Gasteiger partial charge < -0.3 is 4.90 Å². The summed E-state index contributed by atoms with van der Waals surface area (Å²) in [6, 6.07) is 21.6. The van der Waals surface area contributed by atoms with Crippen LogP contribution in [0.5, 0.6) is 0 Å². The van der Waals surface area contributed by atoms with E-state index in [-0.39, 0.29) is 5.82 Å². The molecule has 0 amide bonds. The molecule has 0 aromatic heterocycles. The fraction of sp³-hybridized carbons (Fsp3) is 0.143. The molecule has 0 N–H and O–H groups in total. The van der Waals surface area contributed by atoms with Crippen molar-refractivity contribution in [3.05, 3.63) is 89.2 Å². The molecular weight excluding hydrogens is 285 g/mol. The number of hydrogen-bond acceptors (Lipinski definition) is 1. The van der Waals surface area contributed by atoms with E-state index < -0.39 is 0 Å². The van der Waals surface area contributed by atoms with E-state index in [4.69, 9.17) is 0 Å². The van der Waals surface area contributed by atoms with Gasteiger partial charge in [0.2, 0.25) is 0 Å². The van der Waals surface area contributed by atoms with Gasteiger partial charge in [0.05, 0.1) is 5.69 Å². The zero-order valence-corrected chi connectivity index (χ0v) is 13.7. The maximum Gasteiger partial charge on any atom is 0.147 e. The normalized spacial score (nSPS) is 10.6. The first-order chi connectivity index (χ1) is 11.0. The van der Waals surface area contributed by atoms with Crippen LogP contribution in [0.25, 0.3) is 0 Å². The van der Waals surface area contributed by atoms with Gasteiger partial charge in [-0.1, -0.05) is 41.5 Å². The Hall–Kier alpha value is -2.61. The minimum atomic E-state index is -0.217. The van der Waals surface area contributed by atoms with Crippen molar-refractivity contribution >= 4 is 17.1 Å². The first-order valence-electron chi connectivity index (χ1n) is 7.74. The molecule has 3 rings (SSSR count). The molecule has 0 unspecified atom stereocenters. The Bertz CT molecular complexity index is 759. The van der Waals surface area contributed by atoms with Crippen LogP contribution >= 0.6 is 0 Å². The Morgan fingerprint density at radius 2 is 1.04 bits per heavy atom. The molecule has 0 spiro atoms. The number of halogens is 1. The summed E-state index contributed by atoms with van der Waals surface area (Å²) in [5.41, 5.74) is 5.73. The second-order valence-corrected chi connectivity index (χ2v) is 5.96. The molecule has 0 saturated carbocycles. The van der Waals surface area contributed by atoms with Crippen molar-refractivity contribution in [3.8, 4) is 0 Å². The molecule has 0 fully saturated rings. The minimum Gasteiger partial charge on any atom is -0.308 e. The largest absolute Gasteiger partial charge is 0.308 e. The summed E-state index contributed by atoms with van der Waals surface area (Å²) in [5.74, 6) is -0.217. The van der Waals surface area contributed by atoms with Crippen molar-refractivity contribution in [3.63, 3.8) is 0 Å². The zero-order valence-electron chi connectivity index (χ0n) is 13.7. The van der Waals surface area contributed by atoms with Crippen molar-refractivity contribution in [2.45, 2.75) is 20.8 Å². The molecule has 0 aliphatic heterocycles. The number of hydrogen-bond donors (Lipinski definition) is 0. The molecule has 1 nitrogen and oxygen atoms in total. The molecule has 0 atom stereocenters. The van der Waals surface area contributed by atoms with Crippen molar-refractivity contribution in [2.75, 3.05) is 4.90 Å².